The minimum atomic E-state index is -0.582. The van der Waals surface area contributed by atoms with Gasteiger partial charge in [-0.05, 0) is 36.8 Å². The van der Waals surface area contributed by atoms with Gasteiger partial charge < -0.3 is 10.1 Å². The molecule has 0 spiro atoms. The number of ether oxygens (including phenoxy) is 1. The number of rotatable bonds is 4. The van der Waals surface area contributed by atoms with Crippen molar-refractivity contribution in [2.75, 3.05) is 12.4 Å². The van der Waals surface area contributed by atoms with Gasteiger partial charge in [0.15, 0.2) is 11.5 Å². The smallest absolute Gasteiger partial charge is 0.339 e. The van der Waals surface area contributed by atoms with E-state index in [0.717, 1.165) is 0 Å². The Balaban J connectivity index is 1.86. The van der Waals surface area contributed by atoms with Crippen LogP contribution >= 0.6 is 11.6 Å². The largest absolute Gasteiger partial charge is 0.465 e. The van der Waals surface area contributed by atoms with Crippen LogP contribution in [0.15, 0.2) is 43.0 Å². The fourth-order valence-corrected chi connectivity index (χ4v) is 2.39. The van der Waals surface area contributed by atoms with E-state index in [2.05, 4.69) is 20.5 Å². The Morgan fingerprint density at radius 2 is 2.04 bits per heavy atom. The van der Waals surface area contributed by atoms with Gasteiger partial charge in [0.25, 0.3) is 5.91 Å². The first-order valence-corrected chi connectivity index (χ1v) is 7.89. The molecule has 26 heavy (non-hydrogen) atoms. The van der Waals surface area contributed by atoms with E-state index in [-0.39, 0.29) is 16.9 Å². The van der Waals surface area contributed by atoms with Gasteiger partial charge in [-0.1, -0.05) is 11.6 Å². The Morgan fingerprint density at radius 3 is 2.65 bits per heavy atom. The number of carbonyl (C=O) groups is 2. The highest BCUT2D eigenvalue weighted by Crippen LogP contribution is 2.26. The summed E-state index contributed by atoms with van der Waals surface area (Å²) in [7, 11) is 1.26. The number of hydrogen-bond donors (Lipinski definition) is 1. The number of esters is 1. The minimum Gasteiger partial charge on any atom is -0.465 e. The number of anilines is 1. The third kappa shape index (κ3) is 3.55. The highest BCUT2D eigenvalue weighted by atomic mass is 35.5. The van der Waals surface area contributed by atoms with Crippen molar-refractivity contribution in [3.63, 3.8) is 0 Å². The number of carbonyl (C=O) groups excluding carboxylic acids is 2. The molecule has 9 heteroatoms. The molecule has 1 amide bonds. The molecule has 0 radical (unpaired) electrons. The normalized spacial score (nSPS) is 10.4. The summed E-state index contributed by atoms with van der Waals surface area (Å²) < 4.78 is 6.40. The molecular weight excluding hydrogens is 358 g/mol. The van der Waals surface area contributed by atoms with Crippen LogP contribution in [-0.2, 0) is 4.74 Å². The highest BCUT2D eigenvalue weighted by molar-refractivity contribution is 6.32. The van der Waals surface area contributed by atoms with Gasteiger partial charge in [-0.3, -0.25) is 9.36 Å². The van der Waals surface area contributed by atoms with Crippen molar-refractivity contribution in [3.05, 3.63) is 64.8 Å². The standard InChI is InChI=1S/C17H14ClN5O3/c1-10-7-11(17(25)26-2)14(8-12(10)18)20-16(24)13-3-4-15(22-21-13)23-6-5-19-9-23/h3-9H,1-2H3,(H,20,24). The van der Waals surface area contributed by atoms with Gasteiger partial charge in [-0.2, -0.15) is 0 Å². The molecule has 3 rings (SSSR count). The molecular formula is C17H14ClN5O3. The SMILES string of the molecule is COC(=O)c1cc(C)c(Cl)cc1NC(=O)c1ccc(-n2ccnc2)nn1. The molecule has 132 valence electrons. The number of benzene rings is 1. The fourth-order valence-electron chi connectivity index (χ4n) is 2.23. The number of aromatic nitrogens is 4. The molecule has 2 heterocycles. The van der Waals surface area contributed by atoms with Crippen molar-refractivity contribution in [2.24, 2.45) is 0 Å². The summed E-state index contributed by atoms with van der Waals surface area (Å²) in [4.78, 5) is 28.3. The van der Waals surface area contributed by atoms with Crippen LogP contribution < -0.4 is 5.32 Å². The number of hydrogen-bond acceptors (Lipinski definition) is 6. The lowest BCUT2D eigenvalue weighted by molar-refractivity contribution is 0.0602. The summed E-state index contributed by atoms with van der Waals surface area (Å²) >= 11 is 6.10. The number of methoxy groups -OCH3 is 1. The van der Waals surface area contributed by atoms with Crippen molar-refractivity contribution in [2.45, 2.75) is 6.92 Å². The summed E-state index contributed by atoms with van der Waals surface area (Å²) in [6, 6.07) is 6.20. The molecule has 2 aromatic heterocycles. The van der Waals surface area contributed by atoms with Crippen molar-refractivity contribution in [1.29, 1.82) is 0 Å². The van der Waals surface area contributed by atoms with Crippen LogP contribution in [0.25, 0.3) is 5.82 Å². The second-order valence-electron chi connectivity index (χ2n) is 5.34. The molecule has 0 saturated carbocycles. The van der Waals surface area contributed by atoms with E-state index < -0.39 is 11.9 Å². The topological polar surface area (TPSA) is 99.0 Å². The van der Waals surface area contributed by atoms with Crippen LogP contribution in [0, 0.1) is 6.92 Å². The number of nitrogens with zero attached hydrogens (tertiary/aromatic N) is 4. The molecule has 0 aliphatic rings. The summed E-state index contributed by atoms with van der Waals surface area (Å²) in [5.74, 6) is -0.589. The number of aryl methyl sites for hydroxylation is 1. The van der Waals surface area contributed by atoms with Crippen LogP contribution in [0.3, 0.4) is 0 Å². The maximum atomic E-state index is 12.4. The summed E-state index contributed by atoms with van der Waals surface area (Å²) in [6.07, 6.45) is 4.89. The lowest BCUT2D eigenvalue weighted by Gasteiger charge is -2.11. The molecule has 0 atom stereocenters. The van der Waals surface area contributed by atoms with Crippen LogP contribution in [0.2, 0.25) is 5.02 Å². The molecule has 0 aliphatic carbocycles. The van der Waals surface area contributed by atoms with Crippen molar-refractivity contribution in [3.8, 4) is 5.82 Å². The fraction of sp³-hybridized carbons (Fsp3) is 0.118. The monoisotopic (exact) mass is 371 g/mol. The molecule has 0 unspecified atom stereocenters. The Hall–Kier alpha value is -3.26. The molecule has 0 bridgehead atoms. The Kier molecular flexibility index (Phi) is 4.94. The van der Waals surface area contributed by atoms with Crippen LogP contribution in [0.5, 0.6) is 0 Å². The van der Waals surface area contributed by atoms with Gasteiger partial charge >= 0.3 is 5.97 Å². The third-order valence-corrected chi connectivity index (χ3v) is 4.01. The van der Waals surface area contributed by atoms with E-state index in [1.165, 1.54) is 19.2 Å². The molecule has 1 N–H and O–H groups in total. The number of halogens is 1. The molecule has 0 fully saturated rings. The van der Waals surface area contributed by atoms with Gasteiger partial charge in [0, 0.05) is 17.4 Å². The average molecular weight is 372 g/mol. The predicted molar refractivity (Wildman–Crippen MR) is 94.6 cm³/mol. The summed E-state index contributed by atoms with van der Waals surface area (Å²) in [5, 5.41) is 10.9. The molecule has 0 aliphatic heterocycles. The minimum absolute atomic E-state index is 0.0846. The van der Waals surface area contributed by atoms with E-state index >= 15 is 0 Å². The van der Waals surface area contributed by atoms with Crippen LogP contribution in [0.1, 0.15) is 26.4 Å². The number of imidazole rings is 1. The zero-order chi connectivity index (χ0) is 18.7. The van der Waals surface area contributed by atoms with E-state index in [0.29, 0.717) is 16.4 Å². The molecule has 0 saturated heterocycles. The van der Waals surface area contributed by atoms with Gasteiger partial charge in [0.2, 0.25) is 0 Å². The van der Waals surface area contributed by atoms with E-state index in [4.69, 9.17) is 16.3 Å². The highest BCUT2D eigenvalue weighted by Gasteiger charge is 2.18. The van der Waals surface area contributed by atoms with Gasteiger partial charge in [-0.15, -0.1) is 10.2 Å². The Bertz CT molecular complexity index is 955. The van der Waals surface area contributed by atoms with Crippen LogP contribution in [0.4, 0.5) is 5.69 Å². The van der Waals surface area contributed by atoms with Crippen molar-refractivity contribution < 1.29 is 14.3 Å². The second-order valence-corrected chi connectivity index (χ2v) is 5.75. The van der Waals surface area contributed by atoms with Gasteiger partial charge in [0.05, 0.1) is 18.4 Å². The third-order valence-electron chi connectivity index (χ3n) is 3.60. The Morgan fingerprint density at radius 1 is 1.23 bits per heavy atom. The van der Waals surface area contributed by atoms with Crippen molar-refractivity contribution >= 4 is 29.2 Å². The summed E-state index contributed by atoms with van der Waals surface area (Å²) in [5.41, 5.74) is 1.21. The van der Waals surface area contributed by atoms with Gasteiger partial charge in [0.1, 0.15) is 6.33 Å². The number of amides is 1. The van der Waals surface area contributed by atoms with E-state index in [1.54, 1.807) is 42.3 Å². The second kappa shape index (κ2) is 7.32. The van der Waals surface area contributed by atoms with E-state index in [9.17, 15) is 9.59 Å². The quantitative estimate of drug-likeness (QED) is 0.708. The zero-order valence-electron chi connectivity index (χ0n) is 13.9. The van der Waals surface area contributed by atoms with Gasteiger partial charge in [-0.25, -0.2) is 9.78 Å². The maximum Gasteiger partial charge on any atom is 0.339 e. The van der Waals surface area contributed by atoms with Crippen molar-refractivity contribution in [1.82, 2.24) is 19.7 Å². The zero-order valence-corrected chi connectivity index (χ0v) is 14.7. The maximum absolute atomic E-state index is 12.4. The molecule has 3 aromatic rings. The Labute approximate surface area is 153 Å². The predicted octanol–water partition coefficient (Wildman–Crippen LogP) is 2.66. The first kappa shape index (κ1) is 17.6. The lowest BCUT2D eigenvalue weighted by Crippen LogP contribution is -2.17. The van der Waals surface area contributed by atoms with Crippen LogP contribution in [-0.4, -0.2) is 38.7 Å². The first-order valence-electron chi connectivity index (χ1n) is 7.51. The molecule has 8 nitrogen and oxygen atoms in total. The average Bonchev–Trinajstić information content (AvgIpc) is 3.18. The first-order chi connectivity index (χ1) is 12.5. The summed E-state index contributed by atoms with van der Waals surface area (Å²) in [6.45, 7) is 1.75. The van der Waals surface area contributed by atoms with E-state index in [1.807, 2.05) is 0 Å². The lowest BCUT2D eigenvalue weighted by atomic mass is 10.1. The molecule has 1 aromatic carbocycles. The number of nitrogens with one attached hydrogen (secondary N) is 1.